The zero-order valence-electron chi connectivity index (χ0n) is 11.5. The Balaban J connectivity index is 1.76. The summed E-state index contributed by atoms with van der Waals surface area (Å²) >= 11 is 0. The van der Waals surface area contributed by atoms with Crippen molar-refractivity contribution < 1.29 is 9.15 Å². The van der Waals surface area contributed by atoms with Crippen molar-refractivity contribution in [3.63, 3.8) is 0 Å². The van der Waals surface area contributed by atoms with Crippen molar-refractivity contribution in [1.82, 2.24) is 9.88 Å². The number of likely N-dealkylation sites (tertiary alicyclic amines) is 1. The number of hydrogen-bond acceptors (Lipinski definition) is 4. The molecule has 4 heteroatoms. The van der Waals surface area contributed by atoms with Gasteiger partial charge < -0.3 is 9.15 Å². The van der Waals surface area contributed by atoms with Gasteiger partial charge >= 0.3 is 0 Å². The number of hydrogen-bond donors (Lipinski definition) is 0. The van der Waals surface area contributed by atoms with E-state index in [4.69, 9.17) is 9.15 Å². The zero-order valence-corrected chi connectivity index (χ0v) is 11.5. The normalized spacial score (nSPS) is 21.3. The molecule has 2 heterocycles. The largest absolute Gasteiger partial charge is 0.449 e. The Bertz CT molecular complexity index is 351. The van der Waals surface area contributed by atoms with Gasteiger partial charge in [0.15, 0.2) is 5.89 Å². The molecule has 0 saturated carbocycles. The molecule has 0 N–H and O–H groups in total. The highest BCUT2D eigenvalue weighted by Crippen LogP contribution is 2.22. The number of nitrogens with zero attached hydrogens (tertiary/aromatic N) is 2. The molecular weight excluding hydrogens is 228 g/mol. The molecule has 0 bridgehead atoms. The van der Waals surface area contributed by atoms with Crippen LogP contribution < -0.4 is 0 Å². The molecule has 1 fully saturated rings. The highest BCUT2D eigenvalue weighted by atomic mass is 16.5. The summed E-state index contributed by atoms with van der Waals surface area (Å²) in [6.45, 7) is 6.09. The van der Waals surface area contributed by atoms with E-state index in [9.17, 15) is 0 Å². The average molecular weight is 252 g/mol. The van der Waals surface area contributed by atoms with Gasteiger partial charge in [0.05, 0.1) is 5.69 Å². The fraction of sp³-hybridized carbons (Fsp3) is 0.786. The molecule has 0 spiro atoms. The maximum absolute atomic E-state index is 5.26. The number of aromatic nitrogens is 1. The molecule has 1 aliphatic rings. The summed E-state index contributed by atoms with van der Waals surface area (Å²) < 4.78 is 10.4. The number of ether oxygens (including phenoxy) is 1. The molecule has 0 aliphatic carbocycles. The van der Waals surface area contributed by atoms with Crippen LogP contribution in [0, 0.1) is 12.8 Å². The summed E-state index contributed by atoms with van der Waals surface area (Å²) in [4.78, 5) is 6.88. The third-order valence-electron chi connectivity index (χ3n) is 3.62. The van der Waals surface area contributed by atoms with Crippen LogP contribution >= 0.6 is 0 Å². The van der Waals surface area contributed by atoms with Crippen LogP contribution in [0.15, 0.2) is 10.7 Å². The number of oxazole rings is 1. The highest BCUT2D eigenvalue weighted by molar-refractivity contribution is 4.95. The quantitative estimate of drug-likeness (QED) is 0.730. The van der Waals surface area contributed by atoms with E-state index in [2.05, 4.69) is 9.88 Å². The van der Waals surface area contributed by atoms with E-state index in [1.807, 2.05) is 6.92 Å². The van der Waals surface area contributed by atoms with E-state index in [0.717, 1.165) is 30.7 Å². The fourth-order valence-corrected chi connectivity index (χ4v) is 2.76. The van der Waals surface area contributed by atoms with E-state index in [-0.39, 0.29) is 0 Å². The molecule has 102 valence electrons. The third kappa shape index (κ3) is 4.10. The molecule has 1 aliphatic heterocycles. The van der Waals surface area contributed by atoms with Crippen LogP contribution in [0.1, 0.15) is 37.3 Å². The highest BCUT2D eigenvalue weighted by Gasteiger charge is 2.20. The lowest BCUT2D eigenvalue weighted by Gasteiger charge is -2.32. The van der Waals surface area contributed by atoms with Gasteiger partial charge in [-0.05, 0) is 38.1 Å². The second kappa shape index (κ2) is 6.90. The van der Waals surface area contributed by atoms with Crippen molar-refractivity contribution in [3.05, 3.63) is 17.8 Å². The van der Waals surface area contributed by atoms with E-state index in [1.54, 1.807) is 13.4 Å². The monoisotopic (exact) mass is 252 g/mol. The fourth-order valence-electron chi connectivity index (χ4n) is 2.76. The number of aryl methyl sites for hydroxylation is 1. The van der Waals surface area contributed by atoms with Crippen molar-refractivity contribution in [3.8, 4) is 0 Å². The molecule has 0 amide bonds. The number of methoxy groups -OCH3 is 1. The van der Waals surface area contributed by atoms with Crippen LogP contribution in [-0.4, -0.2) is 36.7 Å². The Hall–Kier alpha value is -0.870. The lowest BCUT2D eigenvalue weighted by molar-refractivity contribution is 0.141. The number of rotatable bonds is 6. The van der Waals surface area contributed by atoms with E-state index < -0.39 is 0 Å². The van der Waals surface area contributed by atoms with Crippen LogP contribution in [0.25, 0.3) is 0 Å². The smallest absolute Gasteiger partial charge is 0.191 e. The van der Waals surface area contributed by atoms with Gasteiger partial charge in [0.1, 0.15) is 6.26 Å². The van der Waals surface area contributed by atoms with Crippen LogP contribution in [0.2, 0.25) is 0 Å². The van der Waals surface area contributed by atoms with Crippen molar-refractivity contribution in [2.75, 3.05) is 26.8 Å². The first kappa shape index (κ1) is 13.6. The molecular formula is C14H24N2O2. The van der Waals surface area contributed by atoms with Crippen molar-refractivity contribution in [2.24, 2.45) is 5.92 Å². The van der Waals surface area contributed by atoms with Crippen LogP contribution in [-0.2, 0) is 11.3 Å². The van der Waals surface area contributed by atoms with Crippen LogP contribution in [0.4, 0.5) is 0 Å². The van der Waals surface area contributed by atoms with Gasteiger partial charge in [0.25, 0.3) is 0 Å². The van der Waals surface area contributed by atoms with Crippen molar-refractivity contribution >= 4 is 0 Å². The second-order valence-electron chi connectivity index (χ2n) is 5.24. The minimum atomic E-state index is 0.763. The zero-order chi connectivity index (χ0) is 12.8. The van der Waals surface area contributed by atoms with E-state index in [0.29, 0.717) is 0 Å². The molecule has 1 atom stereocenters. The molecule has 1 unspecified atom stereocenters. The Morgan fingerprint density at radius 2 is 2.44 bits per heavy atom. The molecule has 18 heavy (non-hydrogen) atoms. The second-order valence-corrected chi connectivity index (χ2v) is 5.24. The number of piperidine rings is 1. The third-order valence-corrected chi connectivity index (χ3v) is 3.62. The lowest BCUT2D eigenvalue weighted by Crippen LogP contribution is -2.35. The maximum Gasteiger partial charge on any atom is 0.191 e. The maximum atomic E-state index is 5.26. The standard InChI is InChI=1S/C14H24N2O2/c1-12-15-14(11-18-12)10-16-7-3-5-13(9-16)6-4-8-17-2/h11,13H,3-10H2,1-2H3. The summed E-state index contributed by atoms with van der Waals surface area (Å²) in [7, 11) is 1.78. The van der Waals surface area contributed by atoms with Gasteiger partial charge in [0.2, 0.25) is 0 Å². The summed E-state index contributed by atoms with van der Waals surface area (Å²) in [5, 5.41) is 0. The van der Waals surface area contributed by atoms with Gasteiger partial charge in [-0.2, -0.15) is 0 Å². The van der Waals surface area contributed by atoms with Gasteiger partial charge in [-0.1, -0.05) is 0 Å². The summed E-state index contributed by atoms with van der Waals surface area (Å²) in [6, 6.07) is 0. The minimum Gasteiger partial charge on any atom is -0.449 e. The first-order valence-corrected chi connectivity index (χ1v) is 6.90. The van der Waals surface area contributed by atoms with E-state index >= 15 is 0 Å². The van der Waals surface area contributed by atoms with Gasteiger partial charge in [0, 0.05) is 33.7 Å². The summed E-state index contributed by atoms with van der Waals surface area (Å²) in [5.41, 5.74) is 1.06. The van der Waals surface area contributed by atoms with Crippen molar-refractivity contribution in [2.45, 2.75) is 39.2 Å². The van der Waals surface area contributed by atoms with Crippen molar-refractivity contribution in [1.29, 1.82) is 0 Å². The predicted octanol–water partition coefficient (Wildman–Crippen LogP) is 2.62. The molecule has 1 aromatic heterocycles. The Kier molecular flexibility index (Phi) is 5.20. The summed E-state index contributed by atoms with van der Waals surface area (Å²) in [5.74, 6) is 1.58. The first-order valence-electron chi connectivity index (χ1n) is 6.90. The molecule has 4 nitrogen and oxygen atoms in total. The summed E-state index contributed by atoms with van der Waals surface area (Å²) in [6.07, 6.45) is 6.90. The Morgan fingerprint density at radius 3 is 3.17 bits per heavy atom. The molecule has 0 aromatic carbocycles. The SMILES string of the molecule is COCCCC1CCCN(Cc2coc(C)n2)C1. The van der Waals surface area contributed by atoms with Crippen LogP contribution in [0.5, 0.6) is 0 Å². The minimum absolute atomic E-state index is 0.763. The lowest BCUT2D eigenvalue weighted by atomic mass is 9.93. The van der Waals surface area contributed by atoms with Gasteiger partial charge in [-0.3, -0.25) is 4.90 Å². The first-order chi connectivity index (χ1) is 8.78. The topological polar surface area (TPSA) is 38.5 Å². The Morgan fingerprint density at radius 1 is 1.56 bits per heavy atom. The predicted molar refractivity (Wildman–Crippen MR) is 70.4 cm³/mol. The average Bonchev–Trinajstić information content (AvgIpc) is 2.76. The molecule has 0 radical (unpaired) electrons. The molecule has 2 rings (SSSR count). The Labute approximate surface area is 109 Å². The van der Waals surface area contributed by atoms with Gasteiger partial charge in [-0.25, -0.2) is 4.98 Å². The molecule has 1 saturated heterocycles. The van der Waals surface area contributed by atoms with Gasteiger partial charge in [-0.15, -0.1) is 0 Å². The van der Waals surface area contributed by atoms with Crippen LogP contribution in [0.3, 0.4) is 0 Å². The van der Waals surface area contributed by atoms with E-state index in [1.165, 1.54) is 38.8 Å². The molecule has 1 aromatic rings.